The molecule has 1 saturated carbocycles. The summed E-state index contributed by atoms with van der Waals surface area (Å²) in [6, 6.07) is 14.5. The standard InChI is InChI=1S/C22H22N4O3/c1-24(22(15-23)10-11-22)19-9-8-18(14-20(19)26(28)29)16-4-6-17(7-5-16)21(27)25-12-2-3-13-25/h4-9,14H,2-3,10-13H2,1H3. The Labute approximate surface area is 169 Å². The highest BCUT2D eigenvalue weighted by Gasteiger charge is 2.48. The van der Waals surface area contributed by atoms with E-state index in [1.807, 2.05) is 23.1 Å². The summed E-state index contributed by atoms with van der Waals surface area (Å²) in [5.74, 6) is 0.0308. The van der Waals surface area contributed by atoms with Crippen LogP contribution in [0.4, 0.5) is 11.4 Å². The zero-order valence-electron chi connectivity index (χ0n) is 16.3. The Morgan fingerprint density at radius 2 is 1.76 bits per heavy atom. The van der Waals surface area contributed by atoms with Crippen molar-refractivity contribution in [1.29, 1.82) is 5.26 Å². The monoisotopic (exact) mass is 390 g/mol. The summed E-state index contributed by atoms with van der Waals surface area (Å²) in [6.45, 7) is 1.60. The van der Waals surface area contributed by atoms with Crippen molar-refractivity contribution in [2.24, 2.45) is 0 Å². The van der Waals surface area contributed by atoms with Crippen LogP contribution in [0.25, 0.3) is 11.1 Å². The third-order valence-corrected chi connectivity index (χ3v) is 5.97. The van der Waals surface area contributed by atoms with Crippen LogP contribution in [0, 0.1) is 21.4 Å². The van der Waals surface area contributed by atoms with Crippen molar-refractivity contribution in [1.82, 2.24) is 4.90 Å². The van der Waals surface area contributed by atoms with Gasteiger partial charge in [-0.15, -0.1) is 0 Å². The number of carbonyl (C=O) groups excluding carboxylic acids is 1. The highest BCUT2D eigenvalue weighted by molar-refractivity contribution is 5.95. The molecule has 1 saturated heterocycles. The lowest BCUT2D eigenvalue weighted by molar-refractivity contribution is -0.384. The van der Waals surface area contributed by atoms with E-state index in [9.17, 15) is 20.2 Å². The zero-order valence-corrected chi connectivity index (χ0v) is 16.3. The van der Waals surface area contributed by atoms with Crippen molar-refractivity contribution in [3.8, 4) is 17.2 Å². The Kier molecular flexibility index (Phi) is 4.71. The fourth-order valence-corrected chi connectivity index (χ4v) is 3.91. The smallest absolute Gasteiger partial charge is 0.293 e. The second-order valence-electron chi connectivity index (χ2n) is 7.74. The fourth-order valence-electron chi connectivity index (χ4n) is 3.91. The van der Waals surface area contributed by atoms with Gasteiger partial charge in [0.15, 0.2) is 0 Å². The van der Waals surface area contributed by atoms with E-state index < -0.39 is 10.5 Å². The molecule has 2 aliphatic rings. The number of hydrogen-bond acceptors (Lipinski definition) is 5. The van der Waals surface area contributed by atoms with E-state index in [4.69, 9.17) is 0 Å². The molecular weight excluding hydrogens is 368 g/mol. The molecule has 0 aromatic heterocycles. The van der Waals surface area contributed by atoms with E-state index in [0.717, 1.165) is 31.5 Å². The van der Waals surface area contributed by atoms with Gasteiger partial charge in [0.05, 0.1) is 11.0 Å². The lowest BCUT2D eigenvalue weighted by atomic mass is 10.0. The van der Waals surface area contributed by atoms with Crippen LogP contribution in [0.5, 0.6) is 0 Å². The Balaban J connectivity index is 1.62. The predicted molar refractivity (Wildman–Crippen MR) is 110 cm³/mol. The minimum atomic E-state index is -0.635. The molecule has 29 heavy (non-hydrogen) atoms. The highest BCUT2D eigenvalue weighted by atomic mass is 16.6. The van der Waals surface area contributed by atoms with Crippen molar-refractivity contribution < 1.29 is 9.72 Å². The number of rotatable bonds is 5. The number of nitro groups is 1. The Hall–Kier alpha value is -3.40. The number of nitro benzene ring substituents is 1. The maximum absolute atomic E-state index is 12.5. The van der Waals surface area contributed by atoms with Crippen LogP contribution in [0.2, 0.25) is 0 Å². The quantitative estimate of drug-likeness (QED) is 0.569. The molecule has 0 atom stereocenters. The number of benzene rings is 2. The number of nitrogens with zero attached hydrogens (tertiary/aromatic N) is 4. The molecule has 148 valence electrons. The number of nitriles is 1. The number of carbonyl (C=O) groups is 1. The number of anilines is 1. The third-order valence-electron chi connectivity index (χ3n) is 5.97. The van der Waals surface area contributed by atoms with Gasteiger partial charge in [-0.25, -0.2) is 0 Å². The summed E-state index contributed by atoms with van der Waals surface area (Å²) in [6.07, 6.45) is 3.51. The molecule has 0 N–H and O–H groups in total. The SMILES string of the molecule is CN(c1ccc(-c2ccc(C(=O)N3CCCC3)cc2)cc1[N+](=O)[O-])C1(C#N)CC1. The Bertz CT molecular complexity index is 1000. The van der Waals surface area contributed by atoms with Gasteiger partial charge in [-0.2, -0.15) is 5.26 Å². The average Bonchev–Trinajstić information content (AvgIpc) is 3.36. The average molecular weight is 390 g/mol. The van der Waals surface area contributed by atoms with Gasteiger partial charge in [-0.1, -0.05) is 18.2 Å². The summed E-state index contributed by atoms with van der Waals surface area (Å²) in [5, 5.41) is 21.1. The third kappa shape index (κ3) is 3.42. The first-order valence-corrected chi connectivity index (χ1v) is 9.78. The van der Waals surface area contributed by atoms with E-state index in [2.05, 4.69) is 6.07 Å². The molecule has 0 spiro atoms. The molecule has 7 heteroatoms. The minimum Gasteiger partial charge on any atom is -0.351 e. The van der Waals surface area contributed by atoms with Gasteiger partial charge in [0.1, 0.15) is 11.2 Å². The van der Waals surface area contributed by atoms with Gasteiger partial charge < -0.3 is 9.80 Å². The van der Waals surface area contributed by atoms with Gasteiger partial charge in [-0.05, 0) is 55.0 Å². The van der Waals surface area contributed by atoms with E-state index in [0.29, 0.717) is 29.7 Å². The topological polar surface area (TPSA) is 90.5 Å². The fraction of sp³-hybridized carbons (Fsp3) is 0.364. The predicted octanol–water partition coefficient (Wildman–Crippen LogP) is 3.99. The highest BCUT2D eigenvalue weighted by Crippen LogP contribution is 2.45. The molecule has 2 fully saturated rings. The molecule has 1 aliphatic carbocycles. The summed E-state index contributed by atoms with van der Waals surface area (Å²) in [7, 11) is 1.73. The van der Waals surface area contributed by atoms with Crippen LogP contribution in [-0.2, 0) is 0 Å². The maximum atomic E-state index is 12.5. The van der Waals surface area contributed by atoms with Crippen molar-refractivity contribution in [3.05, 3.63) is 58.1 Å². The molecule has 2 aromatic carbocycles. The van der Waals surface area contributed by atoms with Gasteiger partial charge in [0, 0.05) is 31.8 Å². The first kappa shape index (κ1) is 18.9. The second kappa shape index (κ2) is 7.21. The molecule has 7 nitrogen and oxygen atoms in total. The molecule has 1 aliphatic heterocycles. The van der Waals surface area contributed by atoms with Crippen molar-refractivity contribution in [2.45, 2.75) is 31.2 Å². The van der Waals surface area contributed by atoms with Gasteiger partial charge in [0.25, 0.3) is 11.6 Å². The van der Waals surface area contributed by atoms with E-state index in [-0.39, 0.29) is 11.6 Å². The second-order valence-corrected chi connectivity index (χ2v) is 7.74. The summed E-state index contributed by atoms with van der Waals surface area (Å²) < 4.78 is 0. The molecule has 0 radical (unpaired) electrons. The van der Waals surface area contributed by atoms with Crippen LogP contribution in [0.3, 0.4) is 0 Å². The minimum absolute atomic E-state index is 0.0243. The molecule has 0 bridgehead atoms. The summed E-state index contributed by atoms with van der Waals surface area (Å²) in [4.78, 5) is 27.3. The maximum Gasteiger partial charge on any atom is 0.293 e. The first-order chi connectivity index (χ1) is 13.9. The number of likely N-dealkylation sites (tertiary alicyclic amines) is 1. The molecule has 2 aromatic rings. The van der Waals surface area contributed by atoms with Crippen LogP contribution in [0.1, 0.15) is 36.0 Å². The number of hydrogen-bond donors (Lipinski definition) is 0. The van der Waals surface area contributed by atoms with Crippen molar-refractivity contribution in [2.75, 3.05) is 25.0 Å². The van der Waals surface area contributed by atoms with Crippen molar-refractivity contribution >= 4 is 17.3 Å². The van der Waals surface area contributed by atoms with Gasteiger partial charge in [0.2, 0.25) is 0 Å². The van der Waals surface area contributed by atoms with Gasteiger partial charge in [-0.3, -0.25) is 14.9 Å². The van der Waals surface area contributed by atoms with E-state index >= 15 is 0 Å². The molecule has 1 amide bonds. The molecule has 1 heterocycles. The van der Waals surface area contributed by atoms with Crippen LogP contribution < -0.4 is 4.90 Å². The van der Waals surface area contributed by atoms with Crippen LogP contribution in [0.15, 0.2) is 42.5 Å². The summed E-state index contributed by atoms with van der Waals surface area (Å²) in [5.41, 5.74) is 1.93. The molecular formula is C22H22N4O3. The Morgan fingerprint density at radius 1 is 1.14 bits per heavy atom. The lowest BCUT2D eigenvalue weighted by Crippen LogP contribution is -2.32. The first-order valence-electron chi connectivity index (χ1n) is 9.78. The zero-order chi connectivity index (χ0) is 20.6. The molecule has 4 rings (SSSR count). The largest absolute Gasteiger partial charge is 0.351 e. The lowest BCUT2D eigenvalue weighted by Gasteiger charge is -2.24. The summed E-state index contributed by atoms with van der Waals surface area (Å²) >= 11 is 0. The van der Waals surface area contributed by atoms with E-state index in [1.54, 1.807) is 30.1 Å². The normalized spacial score (nSPS) is 16.9. The van der Waals surface area contributed by atoms with Crippen LogP contribution >= 0.6 is 0 Å². The molecule has 0 unspecified atom stereocenters. The van der Waals surface area contributed by atoms with Crippen LogP contribution in [-0.4, -0.2) is 41.4 Å². The van der Waals surface area contributed by atoms with Gasteiger partial charge >= 0.3 is 0 Å². The van der Waals surface area contributed by atoms with E-state index in [1.165, 1.54) is 6.07 Å². The van der Waals surface area contributed by atoms with Crippen molar-refractivity contribution in [3.63, 3.8) is 0 Å². The number of amides is 1. The Morgan fingerprint density at radius 3 is 2.31 bits per heavy atom.